The number of hydrogen-bond donors (Lipinski definition) is 0. The zero-order valence-electron chi connectivity index (χ0n) is 13.6. The van der Waals surface area contributed by atoms with Crippen LogP contribution in [-0.4, -0.2) is 18.4 Å². The van der Waals surface area contributed by atoms with Crippen LogP contribution in [0.25, 0.3) is 0 Å². The average Bonchev–Trinajstić information content (AvgIpc) is 2.40. The molecule has 0 unspecified atom stereocenters. The van der Waals surface area contributed by atoms with Crippen molar-refractivity contribution in [3.63, 3.8) is 0 Å². The molecule has 0 fully saturated rings. The number of hydrogen-bond acceptors (Lipinski definition) is 0. The molecule has 109 valence electrons. The van der Waals surface area contributed by atoms with Gasteiger partial charge in [0.25, 0.3) is 0 Å². The Bertz CT molecular complexity index is 143. The zero-order valence-corrected chi connectivity index (χ0v) is 16.4. The number of unbranched alkanes of at least 4 members (excludes halogenated alkanes) is 5. The summed E-state index contributed by atoms with van der Waals surface area (Å²) < 4.78 is 7.87. The van der Waals surface area contributed by atoms with Gasteiger partial charge in [0.1, 0.15) is 0 Å². The van der Waals surface area contributed by atoms with Crippen molar-refractivity contribution >= 4 is 18.4 Å². The van der Waals surface area contributed by atoms with Crippen LogP contribution in [0.3, 0.4) is 0 Å². The van der Waals surface area contributed by atoms with Crippen molar-refractivity contribution in [2.45, 2.75) is 98.8 Å². The van der Waals surface area contributed by atoms with Crippen LogP contribution in [0.4, 0.5) is 0 Å². The molecule has 0 aliphatic rings. The van der Waals surface area contributed by atoms with Crippen LogP contribution in [0.5, 0.6) is 0 Å². The van der Waals surface area contributed by atoms with Crippen LogP contribution in [0.15, 0.2) is 0 Å². The summed E-state index contributed by atoms with van der Waals surface area (Å²) in [6.45, 7) is 9.42. The first kappa shape index (κ1) is 18.8. The summed E-state index contributed by atoms with van der Waals surface area (Å²) in [5.74, 6) is 0. The first-order valence-electron chi connectivity index (χ1n) is 8.59. The van der Waals surface area contributed by atoms with E-state index in [1.807, 2.05) is 0 Å². The molecule has 0 saturated heterocycles. The molecule has 1 radical (unpaired) electrons. The van der Waals surface area contributed by atoms with Crippen molar-refractivity contribution in [3.05, 3.63) is 4.44 Å². The predicted molar refractivity (Wildman–Crippen MR) is 88.7 cm³/mol. The molecule has 0 aromatic carbocycles. The maximum absolute atomic E-state index is 2.93. The van der Waals surface area contributed by atoms with Crippen molar-refractivity contribution in [2.75, 3.05) is 0 Å². The van der Waals surface area contributed by atoms with Crippen LogP contribution in [0.1, 0.15) is 85.5 Å². The van der Waals surface area contributed by atoms with E-state index in [1.54, 1.807) is 13.3 Å². The number of rotatable bonds is 13. The fourth-order valence-corrected chi connectivity index (χ4v) is 18.2. The molecule has 0 spiro atoms. The molecule has 0 aromatic heterocycles. The van der Waals surface area contributed by atoms with E-state index in [2.05, 4.69) is 32.1 Å². The van der Waals surface area contributed by atoms with Crippen molar-refractivity contribution in [1.82, 2.24) is 0 Å². The summed E-state index contributed by atoms with van der Waals surface area (Å²) in [7, 11) is 0. The molecule has 0 amide bonds. The van der Waals surface area contributed by atoms with Gasteiger partial charge in [-0.2, -0.15) is 0 Å². The minimum atomic E-state index is -1.84. The van der Waals surface area contributed by atoms with Crippen LogP contribution in [0, 0.1) is 4.44 Å². The molecule has 1 heteroatoms. The van der Waals surface area contributed by atoms with E-state index in [0.29, 0.717) is 0 Å². The first-order chi connectivity index (χ1) is 8.74. The van der Waals surface area contributed by atoms with Gasteiger partial charge in [-0.1, -0.05) is 0 Å². The predicted octanol–water partition coefficient (Wildman–Crippen LogP) is 6.77. The maximum atomic E-state index is 2.93. The van der Waals surface area contributed by atoms with E-state index in [-0.39, 0.29) is 0 Å². The summed E-state index contributed by atoms with van der Waals surface area (Å²) in [5.41, 5.74) is 0. The van der Waals surface area contributed by atoms with Crippen LogP contribution in [-0.2, 0) is 0 Å². The molecular weight excluding hydrogens is 323 g/mol. The Kier molecular flexibility index (Phi) is 13.4. The molecule has 0 saturated carbocycles. The average molecular weight is 360 g/mol. The Morgan fingerprint density at radius 1 is 0.611 bits per heavy atom. The summed E-state index contributed by atoms with van der Waals surface area (Å²) in [6, 6.07) is 0. The van der Waals surface area contributed by atoms with Gasteiger partial charge in [-0.15, -0.1) is 0 Å². The fraction of sp³-hybridized carbons (Fsp3) is 0.941. The van der Waals surface area contributed by atoms with E-state index < -0.39 is 18.4 Å². The Morgan fingerprint density at radius 2 is 1.00 bits per heavy atom. The molecule has 0 bridgehead atoms. The van der Waals surface area contributed by atoms with Crippen LogP contribution < -0.4 is 0 Å². The van der Waals surface area contributed by atoms with Gasteiger partial charge in [-0.25, -0.2) is 0 Å². The summed E-state index contributed by atoms with van der Waals surface area (Å²) in [4.78, 5) is 0. The van der Waals surface area contributed by atoms with Gasteiger partial charge in [0.05, 0.1) is 0 Å². The third-order valence-electron chi connectivity index (χ3n) is 4.22. The van der Waals surface area contributed by atoms with Gasteiger partial charge in [0.15, 0.2) is 0 Å². The second-order valence-electron chi connectivity index (χ2n) is 6.02. The quantitative estimate of drug-likeness (QED) is 0.251. The van der Waals surface area contributed by atoms with Gasteiger partial charge in [0, 0.05) is 0 Å². The van der Waals surface area contributed by atoms with E-state index in [0.717, 1.165) is 0 Å². The first-order valence-corrected chi connectivity index (χ1v) is 16.3. The van der Waals surface area contributed by atoms with Gasteiger partial charge in [-0.05, 0) is 0 Å². The molecule has 18 heavy (non-hydrogen) atoms. The molecular formula is C17H37Sn. The Morgan fingerprint density at radius 3 is 1.33 bits per heavy atom. The van der Waals surface area contributed by atoms with Crippen molar-refractivity contribution < 1.29 is 0 Å². The van der Waals surface area contributed by atoms with Crippen molar-refractivity contribution in [2.24, 2.45) is 0 Å². The Balaban J connectivity index is 4.41. The van der Waals surface area contributed by atoms with E-state index in [4.69, 9.17) is 0 Å². The standard InChI is InChI=1S/C5H10.3C4H9.Sn/c1-3-5-4-2;3*1-3-4-2;/h1H,3-5H2,2H3;3*1,3-4H2,2H3;. The second kappa shape index (κ2) is 12.8. The van der Waals surface area contributed by atoms with Gasteiger partial charge in [0.2, 0.25) is 0 Å². The second-order valence-corrected chi connectivity index (χ2v) is 19.2. The molecule has 0 aliphatic carbocycles. The van der Waals surface area contributed by atoms with E-state index >= 15 is 0 Å². The molecule has 0 N–H and O–H groups in total. The molecule has 0 atom stereocenters. The third-order valence-corrected chi connectivity index (χ3v) is 19.1. The third kappa shape index (κ3) is 8.82. The van der Waals surface area contributed by atoms with Crippen LogP contribution >= 0.6 is 0 Å². The molecule has 0 heterocycles. The molecule has 0 nitrogen and oxygen atoms in total. The van der Waals surface area contributed by atoms with Crippen LogP contribution in [0.2, 0.25) is 13.3 Å². The summed E-state index contributed by atoms with van der Waals surface area (Å²) in [5, 5.41) is 0. The summed E-state index contributed by atoms with van der Waals surface area (Å²) >= 11 is -1.84. The zero-order chi connectivity index (χ0) is 13.7. The van der Waals surface area contributed by atoms with E-state index in [1.165, 1.54) is 57.8 Å². The molecule has 0 aromatic rings. The van der Waals surface area contributed by atoms with Gasteiger partial charge < -0.3 is 0 Å². The normalized spacial score (nSPS) is 12.0. The minimum absolute atomic E-state index is 1.37. The van der Waals surface area contributed by atoms with Crippen molar-refractivity contribution in [3.8, 4) is 0 Å². The van der Waals surface area contributed by atoms with Gasteiger partial charge in [-0.3, -0.25) is 0 Å². The Labute approximate surface area is 121 Å². The SMILES string of the molecule is CCCC[CH][Sn]([CH2]CCC)([CH2]CCC)[CH2]CCC. The molecule has 0 aliphatic heterocycles. The fourth-order valence-electron chi connectivity index (χ4n) is 2.88. The topological polar surface area (TPSA) is 0 Å². The summed E-state index contributed by atoms with van der Waals surface area (Å²) in [6.07, 6.45) is 13.0. The van der Waals surface area contributed by atoms with Crippen molar-refractivity contribution in [1.29, 1.82) is 0 Å². The van der Waals surface area contributed by atoms with Gasteiger partial charge >= 0.3 is 122 Å². The van der Waals surface area contributed by atoms with E-state index in [9.17, 15) is 0 Å². The Hall–Kier alpha value is 0.799. The molecule has 0 rings (SSSR count). The monoisotopic (exact) mass is 361 g/mol.